The number of rotatable bonds is 4. The van der Waals surface area contributed by atoms with Crippen LogP contribution in [0.15, 0.2) is 41.3 Å². The zero-order chi connectivity index (χ0) is 13.0. The highest BCUT2D eigenvalue weighted by Gasteiger charge is 2.08. The Bertz CT molecular complexity index is 563. The molecule has 0 bridgehead atoms. The molecule has 0 spiro atoms. The summed E-state index contributed by atoms with van der Waals surface area (Å²) in [5.74, 6) is 0.785. The number of benzene rings is 1. The highest BCUT2D eigenvalue weighted by molar-refractivity contribution is 7.99. The lowest BCUT2D eigenvalue weighted by Crippen LogP contribution is -1.98. The molecule has 0 aliphatic heterocycles. The van der Waals surface area contributed by atoms with Gasteiger partial charge in [0.1, 0.15) is 6.33 Å². The summed E-state index contributed by atoms with van der Waals surface area (Å²) in [5.41, 5.74) is 5.10. The molecule has 3 nitrogen and oxygen atoms in total. The normalized spacial score (nSPS) is 11.3. The summed E-state index contributed by atoms with van der Waals surface area (Å²) < 4.78 is 2.00. The van der Waals surface area contributed by atoms with Gasteiger partial charge in [0, 0.05) is 11.3 Å². The smallest absolute Gasteiger partial charge is 0.195 e. The van der Waals surface area contributed by atoms with E-state index in [0.29, 0.717) is 0 Å². The zero-order valence-electron chi connectivity index (χ0n) is 10.3. The monoisotopic (exact) mass is 279 g/mol. The Morgan fingerprint density at radius 2 is 2.22 bits per heavy atom. The third-order valence-corrected chi connectivity index (χ3v) is 3.60. The minimum Gasteiger partial charge on any atom is -0.276 e. The first kappa shape index (κ1) is 13.2. The van der Waals surface area contributed by atoms with Crippen LogP contribution >= 0.6 is 23.4 Å². The molecule has 1 aromatic carbocycles. The highest BCUT2D eigenvalue weighted by atomic mass is 35.5. The van der Waals surface area contributed by atoms with E-state index in [9.17, 15) is 0 Å². The van der Waals surface area contributed by atoms with Gasteiger partial charge in [-0.15, -0.1) is 10.2 Å². The van der Waals surface area contributed by atoms with Gasteiger partial charge in [0.05, 0.1) is 5.69 Å². The first-order valence-electron chi connectivity index (χ1n) is 5.58. The highest BCUT2D eigenvalue weighted by Crippen LogP contribution is 2.22. The third-order valence-electron chi connectivity index (χ3n) is 2.53. The largest absolute Gasteiger partial charge is 0.276 e. The van der Waals surface area contributed by atoms with Crippen molar-refractivity contribution in [3.63, 3.8) is 0 Å². The number of nitrogens with zero attached hydrogens (tertiary/aromatic N) is 3. The van der Waals surface area contributed by atoms with Gasteiger partial charge in [0.25, 0.3) is 0 Å². The second-order valence-electron chi connectivity index (χ2n) is 3.95. The Kier molecular flexibility index (Phi) is 4.44. The summed E-state index contributed by atoms with van der Waals surface area (Å²) in [6.07, 6.45) is 3.62. The van der Waals surface area contributed by atoms with Crippen LogP contribution in [0.4, 0.5) is 0 Å². The van der Waals surface area contributed by atoms with Crippen LogP contribution in [0.3, 0.4) is 0 Å². The number of hydrogen-bond acceptors (Lipinski definition) is 3. The molecule has 2 aromatic rings. The maximum Gasteiger partial charge on any atom is 0.195 e. The molecule has 0 aliphatic carbocycles. The van der Waals surface area contributed by atoms with Crippen molar-refractivity contribution in [1.29, 1.82) is 0 Å². The first-order chi connectivity index (χ1) is 8.72. The molecule has 0 fully saturated rings. The van der Waals surface area contributed by atoms with Crippen LogP contribution in [0.25, 0.3) is 5.69 Å². The van der Waals surface area contributed by atoms with Crippen molar-refractivity contribution in [2.75, 3.05) is 5.75 Å². The van der Waals surface area contributed by atoms with E-state index in [1.165, 1.54) is 16.7 Å². The second-order valence-corrected chi connectivity index (χ2v) is 5.19. The Balaban J connectivity index is 2.30. The number of hydrogen-bond donors (Lipinski definition) is 0. The van der Waals surface area contributed by atoms with Crippen LogP contribution in [0.1, 0.15) is 11.1 Å². The van der Waals surface area contributed by atoms with Gasteiger partial charge < -0.3 is 0 Å². The molecule has 0 unspecified atom stereocenters. The Hall–Kier alpha value is -1.26. The Morgan fingerprint density at radius 1 is 1.39 bits per heavy atom. The molecule has 2 rings (SSSR count). The molecule has 0 amide bonds. The van der Waals surface area contributed by atoms with Gasteiger partial charge in [-0.1, -0.05) is 47.1 Å². The lowest BCUT2D eigenvalue weighted by molar-refractivity contribution is 0.879. The quantitative estimate of drug-likeness (QED) is 0.799. The van der Waals surface area contributed by atoms with Crippen LogP contribution in [-0.4, -0.2) is 20.5 Å². The maximum atomic E-state index is 5.50. The van der Waals surface area contributed by atoms with Crippen LogP contribution in [-0.2, 0) is 0 Å². The van der Waals surface area contributed by atoms with E-state index < -0.39 is 0 Å². The predicted octanol–water partition coefficient (Wildman–Crippen LogP) is 3.73. The lowest BCUT2D eigenvalue weighted by atomic mass is 10.1. The second kappa shape index (κ2) is 6.07. The summed E-state index contributed by atoms with van der Waals surface area (Å²) in [5, 5.41) is 8.97. The summed E-state index contributed by atoms with van der Waals surface area (Å²) in [6, 6.07) is 6.34. The first-order valence-corrected chi connectivity index (χ1v) is 7.00. The van der Waals surface area contributed by atoms with Crippen molar-refractivity contribution in [1.82, 2.24) is 14.8 Å². The number of aryl methyl sites for hydroxylation is 2. The van der Waals surface area contributed by atoms with Gasteiger partial charge in [0.15, 0.2) is 5.16 Å². The number of halogens is 1. The molecule has 0 radical (unpaired) electrons. The van der Waals surface area contributed by atoms with Crippen molar-refractivity contribution in [2.24, 2.45) is 0 Å². The van der Waals surface area contributed by atoms with Gasteiger partial charge in [-0.3, -0.25) is 4.57 Å². The SMILES string of the molecule is Cc1ccc(-n2cnnc2SCC=CCl)c(C)c1. The molecule has 0 aliphatic rings. The topological polar surface area (TPSA) is 30.7 Å². The fraction of sp³-hybridized carbons (Fsp3) is 0.231. The molecule has 18 heavy (non-hydrogen) atoms. The van der Waals surface area contributed by atoms with E-state index in [0.717, 1.165) is 16.6 Å². The Labute approximate surface area is 116 Å². The molecule has 1 heterocycles. The molecule has 0 saturated carbocycles. The van der Waals surface area contributed by atoms with E-state index in [4.69, 9.17) is 11.6 Å². The fourth-order valence-electron chi connectivity index (χ4n) is 1.72. The summed E-state index contributed by atoms with van der Waals surface area (Å²) in [6.45, 7) is 4.18. The standard InChI is InChI=1S/C13H14ClN3S/c1-10-4-5-12(11(2)8-10)17-9-15-16-13(17)18-7-3-6-14/h3-6,8-9H,7H2,1-2H3. The van der Waals surface area contributed by atoms with Crippen molar-refractivity contribution < 1.29 is 0 Å². The zero-order valence-corrected chi connectivity index (χ0v) is 11.9. The summed E-state index contributed by atoms with van der Waals surface area (Å²) >= 11 is 7.11. The predicted molar refractivity (Wildman–Crippen MR) is 76.6 cm³/mol. The van der Waals surface area contributed by atoms with Crippen LogP contribution in [0, 0.1) is 13.8 Å². The number of aromatic nitrogens is 3. The Morgan fingerprint density at radius 3 is 2.94 bits per heavy atom. The van der Waals surface area contributed by atoms with Gasteiger partial charge in [0.2, 0.25) is 0 Å². The maximum absolute atomic E-state index is 5.50. The summed E-state index contributed by atoms with van der Waals surface area (Å²) in [7, 11) is 0. The molecule has 94 valence electrons. The molecule has 5 heteroatoms. The van der Waals surface area contributed by atoms with Crippen LogP contribution in [0.5, 0.6) is 0 Å². The lowest BCUT2D eigenvalue weighted by Gasteiger charge is -2.09. The van der Waals surface area contributed by atoms with Gasteiger partial charge in [-0.2, -0.15) is 0 Å². The minimum atomic E-state index is 0.785. The third kappa shape index (κ3) is 2.94. The fourth-order valence-corrected chi connectivity index (χ4v) is 2.65. The minimum absolute atomic E-state index is 0.785. The molecular weight excluding hydrogens is 266 g/mol. The summed E-state index contributed by atoms with van der Waals surface area (Å²) in [4.78, 5) is 0. The van der Waals surface area contributed by atoms with Crippen molar-refractivity contribution >= 4 is 23.4 Å². The van der Waals surface area contributed by atoms with E-state index in [1.807, 2.05) is 10.6 Å². The van der Waals surface area contributed by atoms with Crippen molar-refractivity contribution in [3.8, 4) is 5.69 Å². The average molecular weight is 280 g/mol. The van der Waals surface area contributed by atoms with Gasteiger partial charge >= 0.3 is 0 Å². The van der Waals surface area contributed by atoms with E-state index in [2.05, 4.69) is 42.2 Å². The van der Waals surface area contributed by atoms with Crippen molar-refractivity contribution in [2.45, 2.75) is 19.0 Å². The van der Waals surface area contributed by atoms with E-state index >= 15 is 0 Å². The van der Waals surface area contributed by atoms with Crippen LogP contribution < -0.4 is 0 Å². The van der Waals surface area contributed by atoms with Crippen molar-refractivity contribution in [3.05, 3.63) is 47.3 Å². The van der Waals surface area contributed by atoms with E-state index in [-0.39, 0.29) is 0 Å². The van der Waals surface area contributed by atoms with Crippen LogP contribution in [0.2, 0.25) is 0 Å². The molecule has 0 atom stereocenters. The molecular formula is C13H14ClN3S. The van der Waals surface area contributed by atoms with Gasteiger partial charge in [-0.05, 0) is 25.5 Å². The molecule has 0 saturated heterocycles. The van der Waals surface area contributed by atoms with Gasteiger partial charge in [-0.25, -0.2) is 0 Å². The molecule has 0 N–H and O–H groups in total. The number of thioether (sulfide) groups is 1. The molecule has 1 aromatic heterocycles. The average Bonchev–Trinajstić information content (AvgIpc) is 2.78. The van der Waals surface area contributed by atoms with E-state index in [1.54, 1.807) is 18.1 Å².